The molecule has 1 heterocycles. The Labute approximate surface area is 77.9 Å². The van der Waals surface area contributed by atoms with Crippen LogP contribution >= 0.6 is 22.6 Å². The lowest BCUT2D eigenvalue weighted by Crippen LogP contribution is -2.37. The third-order valence-corrected chi connectivity index (χ3v) is 2.60. The Morgan fingerprint density at radius 2 is 2.45 bits per heavy atom. The van der Waals surface area contributed by atoms with Gasteiger partial charge in [-0.1, -0.05) is 22.6 Å². The number of ether oxygens (including phenoxy) is 1. The van der Waals surface area contributed by atoms with E-state index in [1.165, 1.54) is 6.07 Å². The molecule has 0 amide bonds. The second-order valence-electron chi connectivity index (χ2n) is 2.45. The SMILES string of the molecule is N#CC1(O)OC(CI)CC1O. The van der Waals surface area contributed by atoms with Crippen LogP contribution in [-0.4, -0.2) is 32.6 Å². The molecule has 0 aliphatic carbocycles. The molecule has 0 spiro atoms. The molecule has 1 saturated heterocycles. The van der Waals surface area contributed by atoms with Crippen LogP contribution in [0.1, 0.15) is 6.42 Å². The Balaban J connectivity index is 2.67. The average molecular weight is 269 g/mol. The fourth-order valence-corrected chi connectivity index (χ4v) is 1.52. The highest BCUT2D eigenvalue weighted by Crippen LogP contribution is 2.28. The van der Waals surface area contributed by atoms with E-state index in [4.69, 9.17) is 15.1 Å². The van der Waals surface area contributed by atoms with E-state index in [0.717, 1.165) is 0 Å². The number of rotatable bonds is 1. The van der Waals surface area contributed by atoms with Crippen LogP contribution in [0.5, 0.6) is 0 Å². The minimum absolute atomic E-state index is 0.213. The first-order valence-corrected chi connectivity index (χ1v) is 4.70. The Bertz CT molecular complexity index is 193. The van der Waals surface area contributed by atoms with E-state index in [0.29, 0.717) is 10.8 Å². The van der Waals surface area contributed by atoms with Gasteiger partial charge in [0, 0.05) is 10.8 Å². The molecule has 1 fully saturated rings. The molecule has 3 unspecified atom stereocenters. The van der Waals surface area contributed by atoms with Crippen LogP contribution in [0.2, 0.25) is 0 Å². The zero-order valence-corrected chi connectivity index (χ0v) is 7.85. The number of hydrogen-bond acceptors (Lipinski definition) is 4. The van der Waals surface area contributed by atoms with Gasteiger partial charge in [-0.05, 0) is 0 Å². The number of alkyl halides is 1. The predicted octanol–water partition coefficient (Wildman–Crippen LogP) is -0.217. The van der Waals surface area contributed by atoms with Crippen LogP contribution in [0.15, 0.2) is 0 Å². The quantitative estimate of drug-likeness (QED) is 0.392. The van der Waals surface area contributed by atoms with Gasteiger partial charge >= 0.3 is 0 Å². The maximum Gasteiger partial charge on any atom is 0.284 e. The standard InChI is InChI=1S/C6H8INO3/c7-2-4-1-5(9)6(10,3-8)11-4/h4-5,9-10H,1-2H2. The van der Waals surface area contributed by atoms with Crippen molar-refractivity contribution in [3.8, 4) is 6.07 Å². The van der Waals surface area contributed by atoms with Crippen molar-refractivity contribution in [2.75, 3.05) is 4.43 Å². The Morgan fingerprint density at radius 1 is 1.82 bits per heavy atom. The summed E-state index contributed by atoms with van der Waals surface area (Å²) >= 11 is 2.08. The molecule has 0 aromatic rings. The molecule has 4 nitrogen and oxygen atoms in total. The summed E-state index contributed by atoms with van der Waals surface area (Å²) < 4.78 is 5.56. The molecular weight excluding hydrogens is 261 g/mol. The Hall–Kier alpha value is 0.1000. The van der Waals surface area contributed by atoms with Crippen molar-refractivity contribution < 1.29 is 14.9 Å². The topological polar surface area (TPSA) is 73.5 Å². The van der Waals surface area contributed by atoms with E-state index in [1.54, 1.807) is 0 Å². The summed E-state index contributed by atoms with van der Waals surface area (Å²) in [5, 5.41) is 26.8. The van der Waals surface area contributed by atoms with Crippen molar-refractivity contribution in [3.05, 3.63) is 0 Å². The van der Waals surface area contributed by atoms with Gasteiger partial charge in [-0.3, -0.25) is 0 Å². The maximum absolute atomic E-state index is 9.23. The van der Waals surface area contributed by atoms with Crippen LogP contribution in [0.25, 0.3) is 0 Å². The van der Waals surface area contributed by atoms with Gasteiger partial charge in [0.2, 0.25) is 0 Å². The van der Waals surface area contributed by atoms with Gasteiger partial charge in [-0.2, -0.15) is 5.26 Å². The Kier molecular flexibility index (Phi) is 2.70. The molecule has 1 aliphatic heterocycles. The lowest BCUT2D eigenvalue weighted by Gasteiger charge is -2.16. The van der Waals surface area contributed by atoms with Crippen LogP contribution in [0.3, 0.4) is 0 Å². The summed E-state index contributed by atoms with van der Waals surface area (Å²) in [5.41, 5.74) is 0. The highest BCUT2D eigenvalue weighted by Gasteiger charge is 2.46. The highest BCUT2D eigenvalue weighted by atomic mass is 127. The second-order valence-corrected chi connectivity index (χ2v) is 3.33. The molecule has 62 valence electrons. The fraction of sp³-hybridized carbons (Fsp3) is 0.833. The predicted molar refractivity (Wildman–Crippen MR) is 44.9 cm³/mol. The van der Waals surface area contributed by atoms with Crippen molar-refractivity contribution in [1.82, 2.24) is 0 Å². The third-order valence-electron chi connectivity index (χ3n) is 1.62. The van der Waals surface area contributed by atoms with Gasteiger partial charge in [-0.15, -0.1) is 0 Å². The van der Waals surface area contributed by atoms with Gasteiger partial charge in [0.1, 0.15) is 12.2 Å². The van der Waals surface area contributed by atoms with Gasteiger partial charge in [0.25, 0.3) is 5.79 Å². The van der Waals surface area contributed by atoms with Crippen LogP contribution in [0.4, 0.5) is 0 Å². The summed E-state index contributed by atoms with van der Waals surface area (Å²) in [5.74, 6) is -1.98. The van der Waals surface area contributed by atoms with Gasteiger partial charge in [0.15, 0.2) is 0 Å². The lowest BCUT2D eigenvalue weighted by atomic mass is 10.1. The van der Waals surface area contributed by atoms with Crippen LogP contribution in [-0.2, 0) is 4.74 Å². The molecule has 1 aliphatic rings. The average Bonchev–Trinajstić information content (AvgIpc) is 2.29. The first kappa shape index (κ1) is 9.19. The van der Waals surface area contributed by atoms with Crippen molar-refractivity contribution in [3.63, 3.8) is 0 Å². The number of hydrogen-bond donors (Lipinski definition) is 2. The largest absolute Gasteiger partial charge is 0.386 e. The number of aliphatic hydroxyl groups excluding tert-OH is 1. The molecule has 11 heavy (non-hydrogen) atoms. The Morgan fingerprint density at radius 3 is 2.73 bits per heavy atom. The summed E-state index contributed by atoms with van der Waals surface area (Å²) in [6.07, 6.45) is -0.963. The van der Waals surface area contributed by atoms with Crippen molar-refractivity contribution >= 4 is 22.6 Å². The van der Waals surface area contributed by atoms with Crippen molar-refractivity contribution in [2.45, 2.75) is 24.4 Å². The monoisotopic (exact) mass is 269 g/mol. The molecule has 0 aromatic carbocycles. The molecule has 0 saturated carbocycles. The molecule has 5 heteroatoms. The minimum atomic E-state index is -1.98. The summed E-state index contributed by atoms with van der Waals surface area (Å²) in [6, 6.07) is 1.53. The molecule has 0 bridgehead atoms. The molecule has 0 aromatic heterocycles. The summed E-state index contributed by atoms with van der Waals surface area (Å²) in [7, 11) is 0. The number of aliphatic hydroxyl groups is 2. The third kappa shape index (κ3) is 1.64. The van der Waals surface area contributed by atoms with Crippen LogP contribution in [0, 0.1) is 11.3 Å². The molecule has 2 N–H and O–H groups in total. The molecular formula is C6H8INO3. The van der Waals surface area contributed by atoms with Crippen LogP contribution < -0.4 is 0 Å². The smallest absolute Gasteiger partial charge is 0.284 e. The van der Waals surface area contributed by atoms with E-state index < -0.39 is 11.9 Å². The first-order valence-electron chi connectivity index (χ1n) is 3.18. The zero-order chi connectivity index (χ0) is 8.48. The van der Waals surface area contributed by atoms with Gasteiger partial charge in [-0.25, -0.2) is 0 Å². The first-order chi connectivity index (χ1) is 5.12. The number of halogens is 1. The maximum atomic E-state index is 9.23. The van der Waals surface area contributed by atoms with E-state index in [1.807, 2.05) is 0 Å². The van der Waals surface area contributed by atoms with E-state index >= 15 is 0 Å². The van der Waals surface area contributed by atoms with E-state index in [-0.39, 0.29) is 6.10 Å². The fourth-order valence-electron chi connectivity index (χ4n) is 0.985. The molecule has 1 rings (SSSR count). The van der Waals surface area contributed by atoms with Crippen molar-refractivity contribution in [2.24, 2.45) is 0 Å². The van der Waals surface area contributed by atoms with Gasteiger partial charge in [0.05, 0.1) is 6.10 Å². The summed E-state index contributed by atoms with van der Waals surface area (Å²) in [6.45, 7) is 0. The highest BCUT2D eigenvalue weighted by molar-refractivity contribution is 14.1. The summed E-state index contributed by atoms with van der Waals surface area (Å²) in [4.78, 5) is 0. The number of nitrogens with zero attached hydrogens (tertiary/aromatic N) is 1. The van der Waals surface area contributed by atoms with Crippen molar-refractivity contribution in [1.29, 1.82) is 5.26 Å². The van der Waals surface area contributed by atoms with E-state index in [2.05, 4.69) is 22.6 Å². The zero-order valence-electron chi connectivity index (χ0n) is 5.70. The lowest BCUT2D eigenvalue weighted by molar-refractivity contribution is -0.182. The molecule has 0 radical (unpaired) electrons. The second kappa shape index (κ2) is 3.23. The van der Waals surface area contributed by atoms with E-state index in [9.17, 15) is 5.11 Å². The normalized spacial score (nSPS) is 43.8. The van der Waals surface area contributed by atoms with Gasteiger partial charge < -0.3 is 14.9 Å². The minimum Gasteiger partial charge on any atom is -0.386 e. The molecule has 3 atom stereocenters. The number of nitriles is 1.